The van der Waals surface area contributed by atoms with E-state index in [2.05, 4.69) is 30.7 Å². The summed E-state index contributed by atoms with van der Waals surface area (Å²) >= 11 is 0. The molecule has 1 atom stereocenters. The third-order valence-electron chi connectivity index (χ3n) is 5.04. The largest absolute Gasteiger partial charge is 0.465 e. The van der Waals surface area contributed by atoms with Crippen LogP contribution in [0.1, 0.15) is 60.6 Å². The number of carbonyl (C=O) groups is 2. The number of nitrogens with zero attached hydrogens (tertiary/aromatic N) is 3. The molecule has 2 aromatic heterocycles. The van der Waals surface area contributed by atoms with E-state index in [-0.39, 0.29) is 29.6 Å². The van der Waals surface area contributed by atoms with Gasteiger partial charge in [-0.2, -0.15) is 19.0 Å². The van der Waals surface area contributed by atoms with Crippen molar-refractivity contribution in [1.82, 2.24) is 25.3 Å². The average Bonchev–Trinajstić information content (AvgIpc) is 3.17. The Morgan fingerprint density at radius 2 is 2.19 bits per heavy atom. The Labute approximate surface area is 182 Å². The maximum absolute atomic E-state index is 12.3. The van der Waals surface area contributed by atoms with Gasteiger partial charge in [-0.25, -0.2) is 4.79 Å². The Hall–Kier alpha value is -3.06. The lowest BCUT2D eigenvalue weighted by Gasteiger charge is -2.04. The monoisotopic (exact) mass is 456 g/mol. The summed E-state index contributed by atoms with van der Waals surface area (Å²) in [5.74, 6) is -0.0873. The SMILES string of the molecule is CC1(NC(=O)O)CC1.Cn1nc(COC(F)F)cc1C(=O)Nc1cc([C@H]2CCCO2)[nH]n1. The summed E-state index contributed by atoms with van der Waals surface area (Å²) in [6.45, 7) is -0.639. The number of H-pyrrole nitrogens is 1. The van der Waals surface area contributed by atoms with Crippen molar-refractivity contribution in [3.63, 3.8) is 0 Å². The molecule has 2 aliphatic rings. The van der Waals surface area contributed by atoms with Crippen molar-refractivity contribution in [3.8, 4) is 0 Å². The van der Waals surface area contributed by atoms with E-state index in [1.807, 2.05) is 6.92 Å². The first-order valence-electron chi connectivity index (χ1n) is 10.1. The van der Waals surface area contributed by atoms with Crippen LogP contribution in [0.4, 0.5) is 19.4 Å². The summed E-state index contributed by atoms with van der Waals surface area (Å²) in [5.41, 5.74) is 1.18. The number of alkyl halides is 2. The van der Waals surface area contributed by atoms with E-state index >= 15 is 0 Å². The number of hydrogen-bond acceptors (Lipinski definition) is 6. The smallest absolute Gasteiger partial charge is 0.405 e. The first-order chi connectivity index (χ1) is 15.1. The Kier molecular flexibility index (Phi) is 7.40. The second-order valence-corrected chi connectivity index (χ2v) is 7.87. The zero-order valence-corrected chi connectivity index (χ0v) is 17.7. The standard InChI is InChI=1S/C14H17F2N5O3.C5H9NO2/c1-21-10(5-8(20-21)7-24-14(15)16)13(22)17-12-6-9(18-19-12)11-3-2-4-23-11;1-5(2-3-5)6-4(7)8/h5-6,11,14H,2-4,7H2,1H3,(H2,17,18,19,22);6H,2-3H2,1H3,(H,7,8)/t11-;/m1./s1. The number of aromatic amines is 1. The van der Waals surface area contributed by atoms with E-state index in [1.165, 1.54) is 10.7 Å². The molecule has 0 radical (unpaired) electrons. The van der Waals surface area contributed by atoms with Gasteiger partial charge < -0.3 is 25.2 Å². The van der Waals surface area contributed by atoms with Gasteiger partial charge in [-0.05, 0) is 38.7 Å². The van der Waals surface area contributed by atoms with Crippen LogP contribution in [0, 0.1) is 0 Å². The number of amides is 2. The Balaban J connectivity index is 0.000000305. The van der Waals surface area contributed by atoms with Gasteiger partial charge in [0, 0.05) is 25.3 Å². The lowest BCUT2D eigenvalue weighted by atomic mass is 10.2. The van der Waals surface area contributed by atoms with E-state index in [1.54, 1.807) is 13.1 Å². The second kappa shape index (κ2) is 10.0. The molecule has 3 heterocycles. The number of halogens is 2. The van der Waals surface area contributed by atoms with Crippen LogP contribution < -0.4 is 10.6 Å². The fourth-order valence-electron chi connectivity index (χ4n) is 3.10. The zero-order chi connectivity index (χ0) is 23.3. The number of anilines is 1. The lowest BCUT2D eigenvalue weighted by molar-refractivity contribution is -0.138. The quantitative estimate of drug-likeness (QED) is 0.502. The van der Waals surface area contributed by atoms with Crippen molar-refractivity contribution in [2.24, 2.45) is 7.05 Å². The Bertz CT molecular complexity index is 937. The van der Waals surface area contributed by atoms with Crippen LogP contribution in [0.15, 0.2) is 12.1 Å². The number of aromatic nitrogens is 4. The van der Waals surface area contributed by atoms with E-state index in [9.17, 15) is 18.4 Å². The fourth-order valence-corrected chi connectivity index (χ4v) is 3.10. The molecule has 0 unspecified atom stereocenters. The van der Waals surface area contributed by atoms with Gasteiger partial charge in [0.2, 0.25) is 0 Å². The van der Waals surface area contributed by atoms with Crippen molar-refractivity contribution in [1.29, 1.82) is 0 Å². The molecular formula is C19H26F2N6O5. The summed E-state index contributed by atoms with van der Waals surface area (Å²) < 4.78 is 35.1. The summed E-state index contributed by atoms with van der Waals surface area (Å²) in [4.78, 5) is 22.2. The van der Waals surface area contributed by atoms with Gasteiger partial charge >= 0.3 is 12.7 Å². The van der Waals surface area contributed by atoms with Crippen molar-refractivity contribution in [3.05, 3.63) is 29.2 Å². The van der Waals surface area contributed by atoms with Crippen molar-refractivity contribution < 1.29 is 33.0 Å². The fraction of sp³-hybridized carbons (Fsp3) is 0.579. The topological polar surface area (TPSA) is 143 Å². The van der Waals surface area contributed by atoms with Crippen LogP contribution in [-0.2, 0) is 23.1 Å². The van der Waals surface area contributed by atoms with Gasteiger partial charge in [-0.1, -0.05) is 0 Å². The minimum Gasteiger partial charge on any atom is -0.465 e. The molecule has 1 saturated heterocycles. The minimum absolute atomic E-state index is 0.0297. The van der Waals surface area contributed by atoms with Gasteiger partial charge in [0.05, 0.1) is 24.1 Å². The Morgan fingerprint density at radius 1 is 1.44 bits per heavy atom. The highest BCUT2D eigenvalue weighted by molar-refractivity contribution is 6.02. The molecule has 11 nitrogen and oxygen atoms in total. The number of carbonyl (C=O) groups excluding carboxylic acids is 1. The normalized spacial score (nSPS) is 18.7. The highest BCUT2D eigenvalue weighted by Gasteiger charge is 2.38. The molecule has 1 aliphatic heterocycles. The summed E-state index contributed by atoms with van der Waals surface area (Å²) in [6, 6.07) is 3.11. The minimum atomic E-state index is -2.88. The van der Waals surface area contributed by atoms with Gasteiger partial charge in [-0.3, -0.25) is 14.6 Å². The van der Waals surface area contributed by atoms with Crippen LogP contribution >= 0.6 is 0 Å². The molecule has 1 aliphatic carbocycles. The number of rotatable bonds is 7. The number of ether oxygens (including phenoxy) is 2. The second-order valence-electron chi connectivity index (χ2n) is 7.87. The van der Waals surface area contributed by atoms with Crippen LogP contribution in [0.25, 0.3) is 0 Å². The van der Waals surface area contributed by atoms with E-state index in [0.717, 1.165) is 31.4 Å². The molecule has 2 amide bonds. The predicted molar refractivity (Wildman–Crippen MR) is 107 cm³/mol. The third-order valence-corrected chi connectivity index (χ3v) is 5.04. The molecule has 2 aromatic rings. The van der Waals surface area contributed by atoms with E-state index in [4.69, 9.17) is 9.84 Å². The number of aryl methyl sites for hydroxylation is 1. The lowest BCUT2D eigenvalue weighted by Crippen LogP contribution is -2.32. The molecule has 0 aromatic carbocycles. The van der Waals surface area contributed by atoms with Gasteiger partial charge in [0.25, 0.3) is 5.91 Å². The zero-order valence-electron chi connectivity index (χ0n) is 17.7. The Morgan fingerprint density at radius 3 is 2.75 bits per heavy atom. The van der Waals surface area contributed by atoms with Gasteiger partial charge in [0.1, 0.15) is 5.69 Å². The van der Waals surface area contributed by atoms with Crippen molar-refractivity contribution in [2.75, 3.05) is 11.9 Å². The molecule has 32 heavy (non-hydrogen) atoms. The number of nitrogens with one attached hydrogen (secondary N) is 3. The van der Waals surface area contributed by atoms with Crippen LogP contribution in [-0.4, -0.2) is 55.8 Å². The predicted octanol–water partition coefficient (Wildman–Crippen LogP) is 2.79. The molecule has 2 fully saturated rings. The highest BCUT2D eigenvalue weighted by atomic mass is 19.3. The van der Waals surface area contributed by atoms with Crippen molar-refractivity contribution in [2.45, 2.75) is 57.5 Å². The maximum Gasteiger partial charge on any atom is 0.405 e. The molecular weight excluding hydrogens is 430 g/mol. The van der Waals surface area contributed by atoms with Crippen LogP contribution in [0.5, 0.6) is 0 Å². The number of hydrogen-bond donors (Lipinski definition) is 4. The van der Waals surface area contributed by atoms with E-state index < -0.39 is 18.6 Å². The molecule has 0 spiro atoms. The maximum atomic E-state index is 12.3. The molecule has 1 saturated carbocycles. The van der Waals surface area contributed by atoms with Crippen molar-refractivity contribution >= 4 is 17.8 Å². The average molecular weight is 456 g/mol. The third kappa shape index (κ3) is 6.72. The first kappa shape index (κ1) is 23.6. The van der Waals surface area contributed by atoms with Gasteiger partial charge in [-0.15, -0.1) is 0 Å². The summed E-state index contributed by atoms with van der Waals surface area (Å²) in [6.07, 6.45) is 2.93. The summed E-state index contributed by atoms with van der Waals surface area (Å²) in [5, 5.41) is 24.1. The molecule has 176 valence electrons. The molecule has 4 rings (SSSR count). The molecule has 13 heteroatoms. The summed E-state index contributed by atoms with van der Waals surface area (Å²) in [7, 11) is 1.54. The van der Waals surface area contributed by atoms with Crippen LogP contribution in [0.2, 0.25) is 0 Å². The first-order valence-corrected chi connectivity index (χ1v) is 10.1. The molecule has 0 bridgehead atoms. The molecule has 4 N–H and O–H groups in total. The van der Waals surface area contributed by atoms with Crippen LogP contribution in [0.3, 0.4) is 0 Å². The highest BCUT2D eigenvalue weighted by Crippen LogP contribution is 2.33. The van der Waals surface area contributed by atoms with Gasteiger partial charge in [0.15, 0.2) is 5.82 Å². The van der Waals surface area contributed by atoms with E-state index in [0.29, 0.717) is 12.4 Å². The number of carboxylic acid groups (broad SMARTS) is 1.